The van der Waals surface area contributed by atoms with Crippen LogP contribution in [0.1, 0.15) is 35.8 Å². The van der Waals surface area contributed by atoms with Crippen molar-refractivity contribution in [1.29, 1.82) is 0 Å². The maximum Gasteiger partial charge on any atom is 0.255 e. The molecule has 0 fully saturated rings. The second kappa shape index (κ2) is 6.94. The Kier molecular flexibility index (Phi) is 5.46. The predicted octanol–water partition coefficient (Wildman–Crippen LogP) is 5.37. The summed E-state index contributed by atoms with van der Waals surface area (Å²) in [5.41, 5.74) is 1.99. The Morgan fingerprint density at radius 3 is 2.57 bits per heavy atom. The van der Waals surface area contributed by atoms with Gasteiger partial charge in [-0.25, -0.2) is 4.98 Å². The van der Waals surface area contributed by atoms with Crippen molar-refractivity contribution >= 4 is 57.4 Å². The molecule has 0 radical (unpaired) electrons. The van der Waals surface area contributed by atoms with E-state index < -0.39 is 0 Å². The number of carbonyl (C=O) groups excluding carboxylic acids is 1. The SMILES string of the molecule is CC(C)c1cc(C(=O)Nc2ccc(Cl)cc2I)cc(Cl)n1. The number of nitrogens with one attached hydrogen (secondary N) is 1. The Hall–Kier alpha value is -0.850. The topological polar surface area (TPSA) is 42.0 Å². The molecule has 0 aliphatic rings. The minimum Gasteiger partial charge on any atom is -0.321 e. The van der Waals surface area contributed by atoms with Crippen LogP contribution in [0.5, 0.6) is 0 Å². The Balaban J connectivity index is 2.28. The standard InChI is InChI=1S/C15H13Cl2IN2O/c1-8(2)13-5-9(6-14(17)19-13)15(21)20-12-4-3-10(16)7-11(12)18/h3-8H,1-2H3,(H,20,21). The van der Waals surface area contributed by atoms with Gasteiger partial charge in [0.2, 0.25) is 0 Å². The van der Waals surface area contributed by atoms with Gasteiger partial charge in [0, 0.05) is 19.9 Å². The molecule has 0 unspecified atom stereocenters. The van der Waals surface area contributed by atoms with Crippen LogP contribution in [0.15, 0.2) is 30.3 Å². The lowest BCUT2D eigenvalue weighted by molar-refractivity contribution is 0.102. The Bertz CT molecular complexity index is 689. The Labute approximate surface area is 147 Å². The smallest absolute Gasteiger partial charge is 0.255 e. The van der Waals surface area contributed by atoms with Gasteiger partial charge in [-0.2, -0.15) is 0 Å². The quantitative estimate of drug-likeness (QED) is 0.521. The summed E-state index contributed by atoms with van der Waals surface area (Å²) < 4.78 is 0.873. The normalized spacial score (nSPS) is 10.8. The van der Waals surface area contributed by atoms with Crippen molar-refractivity contribution < 1.29 is 4.79 Å². The third kappa shape index (κ3) is 4.31. The summed E-state index contributed by atoms with van der Waals surface area (Å²) >= 11 is 14.0. The van der Waals surface area contributed by atoms with Gasteiger partial charge >= 0.3 is 0 Å². The number of carbonyl (C=O) groups is 1. The lowest BCUT2D eigenvalue weighted by Gasteiger charge is -2.10. The van der Waals surface area contributed by atoms with Crippen LogP contribution in [0.2, 0.25) is 10.2 Å². The molecule has 6 heteroatoms. The van der Waals surface area contributed by atoms with Gasteiger partial charge in [-0.3, -0.25) is 4.79 Å². The fraction of sp³-hybridized carbons (Fsp3) is 0.200. The summed E-state index contributed by atoms with van der Waals surface area (Å²) in [7, 11) is 0. The summed E-state index contributed by atoms with van der Waals surface area (Å²) in [4.78, 5) is 16.6. The molecule has 0 saturated carbocycles. The molecule has 0 atom stereocenters. The van der Waals surface area contributed by atoms with E-state index in [1.54, 1.807) is 30.3 Å². The first-order valence-corrected chi connectivity index (χ1v) is 8.14. The van der Waals surface area contributed by atoms with Crippen molar-refractivity contribution in [3.8, 4) is 0 Å². The maximum atomic E-state index is 12.3. The summed E-state index contributed by atoms with van der Waals surface area (Å²) in [5.74, 6) is -0.0210. The first-order valence-electron chi connectivity index (χ1n) is 6.30. The van der Waals surface area contributed by atoms with Gasteiger partial charge in [-0.15, -0.1) is 0 Å². The lowest BCUT2D eigenvalue weighted by atomic mass is 10.1. The number of benzene rings is 1. The van der Waals surface area contributed by atoms with Crippen LogP contribution in [0.25, 0.3) is 0 Å². The first kappa shape index (κ1) is 16.5. The summed E-state index contributed by atoms with van der Waals surface area (Å²) in [6.45, 7) is 4.00. The van der Waals surface area contributed by atoms with Crippen molar-refractivity contribution in [1.82, 2.24) is 4.98 Å². The fourth-order valence-electron chi connectivity index (χ4n) is 1.73. The zero-order valence-corrected chi connectivity index (χ0v) is 15.1. The van der Waals surface area contributed by atoms with Crippen LogP contribution in [0, 0.1) is 3.57 Å². The van der Waals surface area contributed by atoms with Gasteiger partial charge in [0.05, 0.1) is 5.69 Å². The van der Waals surface area contributed by atoms with Crippen LogP contribution in [-0.2, 0) is 0 Å². The van der Waals surface area contributed by atoms with E-state index in [9.17, 15) is 4.79 Å². The van der Waals surface area contributed by atoms with Gasteiger partial charge in [0.15, 0.2) is 0 Å². The molecule has 1 aromatic carbocycles. The van der Waals surface area contributed by atoms with Crippen molar-refractivity contribution in [2.24, 2.45) is 0 Å². The molecule has 110 valence electrons. The molecular formula is C15H13Cl2IN2O. The van der Waals surface area contributed by atoms with E-state index in [4.69, 9.17) is 23.2 Å². The molecule has 1 aromatic heterocycles. The highest BCUT2D eigenvalue weighted by atomic mass is 127. The van der Waals surface area contributed by atoms with Crippen LogP contribution in [-0.4, -0.2) is 10.9 Å². The van der Waals surface area contributed by atoms with Crippen LogP contribution >= 0.6 is 45.8 Å². The second-order valence-electron chi connectivity index (χ2n) is 4.84. The van der Waals surface area contributed by atoms with Gasteiger partial charge < -0.3 is 5.32 Å². The molecule has 0 spiro atoms. The molecule has 2 rings (SSSR count). The third-order valence-corrected chi connectivity index (χ3v) is 4.17. The number of aromatic nitrogens is 1. The average molecular weight is 435 g/mol. The molecule has 2 aromatic rings. The van der Waals surface area contributed by atoms with Gasteiger partial charge in [-0.1, -0.05) is 37.0 Å². The maximum absolute atomic E-state index is 12.3. The number of hydrogen-bond acceptors (Lipinski definition) is 2. The molecule has 21 heavy (non-hydrogen) atoms. The fourth-order valence-corrected chi connectivity index (χ4v) is 2.95. The third-order valence-electron chi connectivity index (χ3n) is 2.85. The number of pyridine rings is 1. The lowest BCUT2D eigenvalue weighted by Crippen LogP contribution is -2.14. The van der Waals surface area contributed by atoms with Crippen molar-refractivity contribution in [2.75, 3.05) is 5.32 Å². The number of nitrogens with zero attached hydrogens (tertiary/aromatic N) is 1. The predicted molar refractivity (Wildman–Crippen MR) is 95.5 cm³/mol. The van der Waals surface area contributed by atoms with Crippen molar-refractivity contribution in [3.05, 3.63) is 55.3 Å². The van der Waals surface area contributed by atoms with Gasteiger partial charge in [0.1, 0.15) is 5.15 Å². The van der Waals surface area contributed by atoms with Gasteiger partial charge in [0.25, 0.3) is 5.91 Å². The number of amides is 1. The molecule has 0 saturated heterocycles. The van der Waals surface area contributed by atoms with E-state index in [1.165, 1.54) is 0 Å². The van der Waals surface area contributed by atoms with E-state index in [0.717, 1.165) is 9.26 Å². The summed E-state index contributed by atoms with van der Waals surface area (Å²) in [6, 6.07) is 8.61. The highest BCUT2D eigenvalue weighted by Gasteiger charge is 2.12. The van der Waals surface area contributed by atoms with E-state index in [0.29, 0.717) is 21.4 Å². The molecule has 3 nitrogen and oxygen atoms in total. The molecule has 0 aliphatic carbocycles. The minimum atomic E-state index is -0.221. The Morgan fingerprint density at radius 1 is 1.24 bits per heavy atom. The Morgan fingerprint density at radius 2 is 1.95 bits per heavy atom. The molecular weight excluding hydrogens is 422 g/mol. The van der Waals surface area contributed by atoms with Crippen LogP contribution in [0.4, 0.5) is 5.69 Å². The van der Waals surface area contributed by atoms with Crippen LogP contribution < -0.4 is 5.32 Å². The summed E-state index contributed by atoms with van der Waals surface area (Å²) in [6.07, 6.45) is 0. The number of anilines is 1. The highest BCUT2D eigenvalue weighted by Crippen LogP contribution is 2.24. The zero-order chi connectivity index (χ0) is 15.6. The molecule has 1 amide bonds. The monoisotopic (exact) mass is 434 g/mol. The van der Waals surface area contributed by atoms with E-state index in [-0.39, 0.29) is 11.8 Å². The summed E-state index contributed by atoms with van der Waals surface area (Å²) in [5, 5.41) is 3.80. The molecule has 0 bridgehead atoms. The van der Waals surface area contributed by atoms with E-state index in [1.807, 2.05) is 13.8 Å². The number of hydrogen-bond donors (Lipinski definition) is 1. The van der Waals surface area contributed by atoms with E-state index in [2.05, 4.69) is 32.9 Å². The van der Waals surface area contributed by atoms with E-state index >= 15 is 0 Å². The molecule has 0 aliphatic heterocycles. The number of halogens is 3. The number of rotatable bonds is 3. The molecule has 1 heterocycles. The average Bonchev–Trinajstić information content (AvgIpc) is 2.41. The first-order chi connectivity index (χ1) is 9.86. The van der Waals surface area contributed by atoms with Crippen molar-refractivity contribution in [2.45, 2.75) is 19.8 Å². The highest BCUT2D eigenvalue weighted by molar-refractivity contribution is 14.1. The largest absolute Gasteiger partial charge is 0.321 e. The molecule has 1 N–H and O–H groups in total. The van der Waals surface area contributed by atoms with Crippen molar-refractivity contribution in [3.63, 3.8) is 0 Å². The minimum absolute atomic E-state index is 0.200. The van der Waals surface area contributed by atoms with Crippen LogP contribution in [0.3, 0.4) is 0 Å². The zero-order valence-electron chi connectivity index (χ0n) is 11.5. The van der Waals surface area contributed by atoms with Gasteiger partial charge in [-0.05, 0) is 58.8 Å². The second-order valence-corrected chi connectivity index (χ2v) is 6.82.